The van der Waals surface area contributed by atoms with Crippen LogP contribution in [0.15, 0.2) is 29.1 Å². The van der Waals surface area contributed by atoms with E-state index in [1.807, 2.05) is 13.0 Å². The van der Waals surface area contributed by atoms with Crippen molar-refractivity contribution in [3.05, 3.63) is 41.5 Å². The maximum atomic E-state index is 12.7. The summed E-state index contributed by atoms with van der Waals surface area (Å²) in [5.41, 5.74) is 2.19. The van der Waals surface area contributed by atoms with E-state index < -0.39 is 0 Å². The van der Waals surface area contributed by atoms with Crippen molar-refractivity contribution < 1.29 is 18.8 Å². The molecular formula is C18H23N3O4. The Morgan fingerprint density at radius 3 is 3.00 bits per heavy atom. The van der Waals surface area contributed by atoms with Gasteiger partial charge in [-0.25, -0.2) is 0 Å². The zero-order chi connectivity index (χ0) is 17.8. The van der Waals surface area contributed by atoms with Gasteiger partial charge in [-0.3, -0.25) is 4.79 Å². The van der Waals surface area contributed by atoms with E-state index in [-0.39, 0.29) is 18.6 Å². The normalized spacial score (nSPS) is 17.8. The molecule has 1 aliphatic rings. The van der Waals surface area contributed by atoms with Gasteiger partial charge in [0.2, 0.25) is 6.39 Å². The average molecular weight is 345 g/mol. The molecule has 1 aromatic heterocycles. The van der Waals surface area contributed by atoms with Gasteiger partial charge in [0.1, 0.15) is 11.8 Å². The van der Waals surface area contributed by atoms with Gasteiger partial charge >= 0.3 is 0 Å². The predicted molar refractivity (Wildman–Crippen MR) is 90.3 cm³/mol. The Kier molecular flexibility index (Phi) is 5.33. The number of aromatic nitrogens is 2. The van der Waals surface area contributed by atoms with Crippen molar-refractivity contribution in [1.29, 1.82) is 0 Å². The quantitative estimate of drug-likeness (QED) is 0.828. The van der Waals surface area contributed by atoms with Crippen LogP contribution in [0.3, 0.4) is 0 Å². The number of benzene rings is 1. The van der Waals surface area contributed by atoms with E-state index in [4.69, 9.17) is 14.0 Å². The first kappa shape index (κ1) is 17.4. The Hall–Kier alpha value is -2.41. The van der Waals surface area contributed by atoms with Gasteiger partial charge in [-0.1, -0.05) is 31.1 Å². The van der Waals surface area contributed by atoms with Crippen LogP contribution in [0, 0.1) is 6.92 Å². The molecule has 0 radical (unpaired) electrons. The molecule has 1 amide bonds. The first-order valence-corrected chi connectivity index (χ1v) is 8.43. The topological polar surface area (TPSA) is 77.7 Å². The lowest BCUT2D eigenvalue weighted by Gasteiger charge is -2.33. The molecule has 7 heteroatoms. The average Bonchev–Trinajstić information content (AvgIpc) is 3.14. The summed E-state index contributed by atoms with van der Waals surface area (Å²) in [6.07, 6.45) is 1.25. The van der Waals surface area contributed by atoms with Crippen molar-refractivity contribution in [2.75, 3.05) is 26.4 Å². The zero-order valence-electron chi connectivity index (χ0n) is 14.8. The largest absolute Gasteiger partial charge is 0.483 e. The molecule has 0 spiro atoms. The van der Waals surface area contributed by atoms with Crippen LogP contribution in [-0.4, -0.2) is 47.3 Å². The van der Waals surface area contributed by atoms with Crippen LogP contribution in [-0.2, 0) is 9.53 Å². The standard InChI is InChI=1S/C18H23N3O4/c1-12(2)14-5-4-13(3)8-16(14)24-10-17(22)21-6-7-23-9-15(21)18-19-11-25-20-18/h4-5,8,11-12,15H,6-7,9-10H2,1-3H3. The molecule has 1 aliphatic heterocycles. The van der Waals surface area contributed by atoms with E-state index in [0.29, 0.717) is 31.5 Å². The summed E-state index contributed by atoms with van der Waals surface area (Å²) in [6.45, 7) is 7.51. The van der Waals surface area contributed by atoms with Crippen molar-refractivity contribution in [2.24, 2.45) is 0 Å². The van der Waals surface area contributed by atoms with Crippen molar-refractivity contribution in [2.45, 2.75) is 32.7 Å². The number of ether oxygens (including phenoxy) is 2. The highest BCUT2D eigenvalue weighted by atomic mass is 16.5. The molecular weight excluding hydrogens is 322 g/mol. The number of carbonyl (C=O) groups excluding carboxylic acids is 1. The van der Waals surface area contributed by atoms with Gasteiger partial charge in [0.25, 0.3) is 5.91 Å². The van der Waals surface area contributed by atoms with Crippen LogP contribution in [0.25, 0.3) is 0 Å². The van der Waals surface area contributed by atoms with E-state index in [9.17, 15) is 4.79 Å². The molecule has 2 heterocycles. The molecule has 2 aromatic rings. The Morgan fingerprint density at radius 2 is 2.28 bits per heavy atom. The molecule has 25 heavy (non-hydrogen) atoms. The lowest BCUT2D eigenvalue weighted by atomic mass is 10.0. The Balaban J connectivity index is 1.70. The summed E-state index contributed by atoms with van der Waals surface area (Å²) in [6, 6.07) is 5.73. The fourth-order valence-electron chi connectivity index (χ4n) is 2.91. The first-order valence-electron chi connectivity index (χ1n) is 8.43. The summed E-state index contributed by atoms with van der Waals surface area (Å²) >= 11 is 0. The number of hydrogen-bond acceptors (Lipinski definition) is 6. The first-order chi connectivity index (χ1) is 12.1. The van der Waals surface area contributed by atoms with E-state index in [1.165, 1.54) is 6.39 Å². The summed E-state index contributed by atoms with van der Waals surface area (Å²) < 4.78 is 16.1. The predicted octanol–water partition coefficient (Wildman–Crippen LogP) is 2.48. The number of morpholine rings is 1. The maximum absolute atomic E-state index is 12.7. The number of carbonyl (C=O) groups is 1. The second kappa shape index (κ2) is 7.65. The second-order valence-electron chi connectivity index (χ2n) is 6.45. The van der Waals surface area contributed by atoms with Crippen LogP contribution in [0.2, 0.25) is 0 Å². The van der Waals surface area contributed by atoms with Crippen LogP contribution < -0.4 is 4.74 Å². The third-order valence-corrected chi connectivity index (χ3v) is 4.27. The molecule has 0 bridgehead atoms. The molecule has 1 aromatic carbocycles. The van der Waals surface area contributed by atoms with Gasteiger partial charge in [-0.05, 0) is 30.0 Å². The van der Waals surface area contributed by atoms with E-state index in [1.54, 1.807) is 4.90 Å². The van der Waals surface area contributed by atoms with Crippen LogP contribution in [0.4, 0.5) is 0 Å². The number of rotatable bonds is 5. The van der Waals surface area contributed by atoms with Crippen LogP contribution >= 0.6 is 0 Å². The molecule has 7 nitrogen and oxygen atoms in total. The molecule has 0 N–H and O–H groups in total. The lowest BCUT2D eigenvalue weighted by Crippen LogP contribution is -2.45. The molecule has 0 aliphatic carbocycles. The molecule has 3 rings (SSSR count). The highest BCUT2D eigenvalue weighted by molar-refractivity contribution is 5.78. The lowest BCUT2D eigenvalue weighted by molar-refractivity contribution is -0.142. The van der Waals surface area contributed by atoms with Crippen molar-refractivity contribution in [3.63, 3.8) is 0 Å². The molecule has 134 valence electrons. The molecule has 1 saturated heterocycles. The minimum absolute atomic E-state index is 0.0302. The second-order valence-corrected chi connectivity index (χ2v) is 6.45. The Bertz CT molecular complexity index is 715. The summed E-state index contributed by atoms with van der Waals surface area (Å²) in [5.74, 6) is 1.41. The fourth-order valence-corrected chi connectivity index (χ4v) is 2.91. The molecule has 1 fully saturated rings. The number of amides is 1. The third kappa shape index (κ3) is 3.99. The Morgan fingerprint density at radius 1 is 1.44 bits per heavy atom. The van der Waals surface area contributed by atoms with E-state index in [0.717, 1.165) is 16.9 Å². The zero-order valence-corrected chi connectivity index (χ0v) is 14.8. The van der Waals surface area contributed by atoms with Crippen LogP contribution in [0.5, 0.6) is 5.75 Å². The minimum Gasteiger partial charge on any atom is -0.483 e. The summed E-state index contributed by atoms with van der Waals surface area (Å²) in [7, 11) is 0. The van der Waals surface area contributed by atoms with Gasteiger partial charge in [-0.15, -0.1) is 0 Å². The third-order valence-electron chi connectivity index (χ3n) is 4.27. The van der Waals surface area contributed by atoms with E-state index in [2.05, 4.69) is 36.1 Å². The van der Waals surface area contributed by atoms with E-state index >= 15 is 0 Å². The molecule has 0 saturated carbocycles. The smallest absolute Gasteiger partial charge is 0.261 e. The van der Waals surface area contributed by atoms with Gasteiger partial charge in [0, 0.05) is 6.54 Å². The van der Waals surface area contributed by atoms with Crippen molar-refractivity contribution in [1.82, 2.24) is 15.0 Å². The van der Waals surface area contributed by atoms with Gasteiger partial charge in [0.15, 0.2) is 12.4 Å². The number of nitrogens with zero attached hydrogens (tertiary/aromatic N) is 3. The minimum atomic E-state index is -0.342. The van der Waals surface area contributed by atoms with Gasteiger partial charge in [0.05, 0.1) is 13.2 Å². The molecule has 1 atom stereocenters. The van der Waals surface area contributed by atoms with Crippen molar-refractivity contribution >= 4 is 5.91 Å². The maximum Gasteiger partial charge on any atom is 0.261 e. The summed E-state index contributed by atoms with van der Waals surface area (Å²) in [5, 5.41) is 3.84. The van der Waals surface area contributed by atoms with Gasteiger partial charge < -0.3 is 18.9 Å². The summed E-state index contributed by atoms with van der Waals surface area (Å²) in [4.78, 5) is 18.4. The molecule has 1 unspecified atom stereocenters. The van der Waals surface area contributed by atoms with Crippen molar-refractivity contribution in [3.8, 4) is 5.75 Å². The monoisotopic (exact) mass is 345 g/mol. The fraction of sp³-hybridized carbons (Fsp3) is 0.500. The number of aryl methyl sites for hydroxylation is 1. The Labute approximate surface area is 146 Å². The highest BCUT2D eigenvalue weighted by Gasteiger charge is 2.31. The SMILES string of the molecule is Cc1ccc(C(C)C)c(OCC(=O)N2CCOCC2c2ncon2)c1. The van der Waals surface area contributed by atoms with Crippen LogP contribution in [0.1, 0.15) is 42.8 Å². The van der Waals surface area contributed by atoms with Gasteiger partial charge in [-0.2, -0.15) is 4.98 Å². The highest BCUT2D eigenvalue weighted by Crippen LogP contribution is 2.28. The number of hydrogen-bond donors (Lipinski definition) is 0.